The van der Waals surface area contributed by atoms with E-state index < -0.39 is 11.6 Å². The maximum Gasteiger partial charge on any atom is 0.249 e. The van der Waals surface area contributed by atoms with E-state index in [1.165, 1.54) is 4.90 Å². The molecule has 1 aliphatic rings. The number of carbonyl (C=O) groups excluding carboxylic acids is 2. The molecule has 1 atom stereocenters. The maximum absolute atomic E-state index is 11.8. The smallest absolute Gasteiger partial charge is 0.249 e. The number of amides is 2. The topological polar surface area (TPSA) is 49.4 Å². The first-order valence-electron chi connectivity index (χ1n) is 4.46. The van der Waals surface area contributed by atoms with Gasteiger partial charge in [0.2, 0.25) is 11.8 Å². The first-order chi connectivity index (χ1) is 6.40. The number of carbonyl (C=O) groups is 2. The minimum Gasteiger partial charge on any atom is -0.340 e. The Morgan fingerprint density at radius 3 is 2.64 bits per heavy atom. The van der Waals surface area contributed by atoms with Crippen molar-refractivity contribution < 1.29 is 9.59 Å². The van der Waals surface area contributed by atoms with E-state index in [1.807, 2.05) is 0 Å². The van der Waals surface area contributed by atoms with Gasteiger partial charge in [0, 0.05) is 0 Å². The van der Waals surface area contributed by atoms with Crippen LogP contribution in [-0.2, 0) is 9.59 Å². The fourth-order valence-electron chi connectivity index (χ4n) is 1.45. The Balaban J connectivity index is 2.97. The molecule has 1 heterocycles. The molecule has 0 aromatic carbocycles. The number of hydrogen-bond acceptors (Lipinski definition) is 2. The van der Waals surface area contributed by atoms with Crippen LogP contribution < -0.4 is 5.32 Å². The van der Waals surface area contributed by atoms with Crippen LogP contribution in [0.5, 0.6) is 0 Å². The number of terminal acetylenes is 1. The van der Waals surface area contributed by atoms with Crippen molar-refractivity contribution in [2.75, 3.05) is 6.54 Å². The summed E-state index contributed by atoms with van der Waals surface area (Å²) in [6.45, 7) is 5.18. The lowest BCUT2D eigenvalue weighted by atomic mass is 9.97. The zero-order valence-electron chi connectivity index (χ0n) is 8.63. The summed E-state index contributed by atoms with van der Waals surface area (Å²) in [6, 6.07) is -0.480. The molecule has 0 aromatic rings. The molecule has 0 radical (unpaired) electrons. The molecule has 76 valence electrons. The van der Waals surface area contributed by atoms with Crippen molar-refractivity contribution in [1.29, 1.82) is 0 Å². The largest absolute Gasteiger partial charge is 0.340 e. The number of piperazine rings is 1. The van der Waals surface area contributed by atoms with E-state index in [0.29, 0.717) is 0 Å². The summed E-state index contributed by atoms with van der Waals surface area (Å²) >= 11 is 0. The molecule has 0 aliphatic carbocycles. The van der Waals surface area contributed by atoms with Gasteiger partial charge in [0.1, 0.15) is 11.6 Å². The molecule has 1 fully saturated rings. The number of hydrogen-bond donors (Lipinski definition) is 1. The normalized spacial score (nSPS) is 25.6. The van der Waals surface area contributed by atoms with Gasteiger partial charge in [-0.2, -0.15) is 0 Å². The third-order valence-corrected chi connectivity index (χ3v) is 2.34. The van der Waals surface area contributed by atoms with Crippen LogP contribution in [0.1, 0.15) is 20.8 Å². The van der Waals surface area contributed by atoms with Gasteiger partial charge in [-0.15, -0.1) is 6.42 Å². The molecule has 0 spiro atoms. The molecule has 1 rings (SSSR count). The minimum absolute atomic E-state index is 0.137. The summed E-state index contributed by atoms with van der Waals surface area (Å²) in [5.41, 5.74) is -0.847. The van der Waals surface area contributed by atoms with E-state index in [4.69, 9.17) is 6.42 Å². The lowest BCUT2D eigenvalue weighted by Gasteiger charge is -2.40. The highest BCUT2D eigenvalue weighted by Gasteiger charge is 2.42. The Bertz CT molecular complexity index is 315. The van der Waals surface area contributed by atoms with Gasteiger partial charge in [-0.3, -0.25) is 9.59 Å². The predicted molar refractivity (Wildman–Crippen MR) is 52.2 cm³/mol. The van der Waals surface area contributed by atoms with Crippen molar-refractivity contribution in [2.24, 2.45) is 0 Å². The lowest BCUT2D eigenvalue weighted by Crippen LogP contribution is -2.67. The van der Waals surface area contributed by atoms with Crippen LogP contribution in [0, 0.1) is 12.3 Å². The van der Waals surface area contributed by atoms with Crippen molar-refractivity contribution in [3.05, 3.63) is 0 Å². The van der Waals surface area contributed by atoms with Crippen LogP contribution in [-0.4, -0.2) is 34.8 Å². The standard InChI is InChI=1S/C10H14N2O2/c1-5-6-12-7(2)8(13)11-10(3,4)9(12)14/h1,7H,6H2,2-4H3,(H,11,13). The van der Waals surface area contributed by atoms with Gasteiger partial charge in [-0.25, -0.2) is 0 Å². The highest BCUT2D eigenvalue weighted by molar-refractivity contribution is 5.99. The quantitative estimate of drug-likeness (QED) is 0.585. The monoisotopic (exact) mass is 194 g/mol. The molecule has 14 heavy (non-hydrogen) atoms. The molecule has 1 saturated heterocycles. The minimum atomic E-state index is -0.847. The van der Waals surface area contributed by atoms with Gasteiger partial charge in [-0.05, 0) is 20.8 Å². The second kappa shape index (κ2) is 3.33. The van der Waals surface area contributed by atoms with Crippen LogP contribution in [0.2, 0.25) is 0 Å². The Hall–Kier alpha value is -1.50. The lowest BCUT2D eigenvalue weighted by molar-refractivity contribution is -0.151. The highest BCUT2D eigenvalue weighted by atomic mass is 16.2. The molecule has 4 nitrogen and oxygen atoms in total. The SMILES string of the molecule is C#CCN1C(=O)C(C)(C)NC(=O)C1C. The number of nitrogens with zero attached hydrogens (tertiary/aromatic N) is 1. The first-order valence-corrected chi connectivity index (χ1v) is 4.46. The average Bonchev–Trinajstić information content (AvgIpc) is 2.09. The van der Waals surface area contributed by atoms with Crippen LogP contribution in [0.25, 0.3) is 0 Å². The summed E-state index contributed by atoms with van der Waals surface area (Å²) in [4.78, 5) is 24.7. The summed E-state index contributed by atoms with van der Waals surface area (Å²) in [5, 5.41) is 2.64. The van der Waals surface area contributed by atoms with Gasteiger partial charge in [0.05, 0.1) is 6.54 Å². The predicted octanol–water partition coefficient (Wildman–Crippen LogP) is -0.255. The van der Waals surface area contributed by atoms with E-state index in [9.17, 15) is 9.59 Å². The fourth-order valence-corrected chi connectivity index (χ4v) is 1.45. The molecule has 0 aromatic heterocycles. The second-order valence-electron chi connectivity index (χ2n) is 3.93. The van der Waals surface area contributed by atoms with E-state index in [2.05, 4.69) is 11.2 Å². The molecule has 2 amide bonds. The summed E-state index contributed by atoms with van der Waals surface area (Å²) in [7, 11) is 0. The van der Waals surface area contributed by atoms with Gasteiger partial charge in [0.15, 0.2) is 0 Å². The van der Waals surface area contributed by atoms with Crippen molar-refractivity contribution in [1.82, 2.24) is 10.2 Å². The third-order valence-electron chi connectivity index (χ3n) is 2.34. The summed E-state index contributed by atoms with van der Waals surface area (Å²) in [6.07, 6.45) is 5.14. The van der Waals surface area contributed by atoms with Gasteiger partial charge < -0.3 is 10.2 Å². The van der Waals surface area contributed by atoms with Crippen molar-refractivity contribution >= 4 is 11.8 Å². The average molecular weight is 194 g/mol. The first kappa shape index (κ1) is 10.6. The summed E-state index contributed by atoms with van der Waals surface area (Å²) in [5.74, 6) is 2.08. The van der Waals surface area contributed by atoms with Crippen LogP contribution in [0.15, 0.2) is 0 Å². The van der Waals surface area contributed by atoms with Crippen molar-refractivity contribution in [2.45, 2.75) is 32.4 Å². The Kier molecular flexibility index (Phi) is 2.52. The van der Waals surface area contributed by atoms with Crippen LogP contribution >= 0.6 is 0 Å². The van der Waals surface area contributed by atoms with Crippen LogP contribution in [0.4, 0.5) is 0 Å². The van der Waals surface area contributed by atoms with E-state index >= 15 is 0 Å². The van der Waals surface area contributed by atoms with Crippen LogP contribution in [0.3, 0.4) is 0 Å². The Morgan fingerprint density at radius 1 is 1.57 bits per heavy atom. The fraction of sp³-hybridized carbons (Fsp3) is 0.600. The summed E-state index contributed by atoms with van der Waals surface area (Å²) < 4.78 is 0. The molecule has 0 saturated carbocycles. The highest BCUT2D eigenvalue weighted by Crippen LogP contribution is 2.16. The molecule has 0 bridgehead atoms. The molecule has 1 aliphatic heterocycles. The van der Waals surface area contributed by atoms with Gasteiger partial charge >= 0.3 is 0 Å². The van der Waals surface area contributed by atoms with Crippen molar-refractivity contribution in [3.63, 3.8) is 0 Å². The van der Waals surface area contributed by atoms with E-state index in [0.717, 1.165) is 0 Å². The maximum atomic E-state index is 11.8. The van der Waals surface area contributed by atoms with Gasteiger partial charge in [-0.1, -0.05) is 5.92 Å². The number of nitrogens with one attached hydrogen (secondary N) is 1. The molecule has 1 unspecified atom stereocenters. The molecular weight excluding hydrogens is 180 g/mol. The molecule has 4 heteroatoms. The second-order valence-corrected chi connectivity index (χ2v) is 3.93. The molecular formula is C10H14N2O2. The zero-order chi connectivity index (χ0) is 10.9. The Labute approximate surface area is 83.6 Å². The number of rotatable bonds is 1. The third kappa shape index (κ3) is 1.58. The zero-order valence-corrected chi connectivity index (χ0v) is 8.63. The van der Waals surface area contributed by atoms with Crippen molar-refractivity contribution in [3.8, 4) is 12.3 Å². The Morgan fingerprint density at radius 2 is 2.14 bits per heavy atom. The van der Waals surface area contributed by atoms with Gasteiger partial charge in [0.25, 0.3) is 0 Å². The molecule has 1 N–H and O–H groups in total. The van der Waals surface area contributed by atoms with E-state index in [1.54, 1.807) is 20.8 Å². The van der Waals surface area contributed by atoms with E-state index in [-0.39, 0.29) is 18.4 Å².